The molecule has 3 aromatic carbocycles. The van der Waals surface area contributed by atoms with Crippen molar-refractivity contribution in [1.29, 1.82) is 0 Å². The van der Waals surface area contributed by atoms with Crippen molar-refractivity contribution in [1.82, 2.24) is 9.78 Å². The smallest absolute Gasteiger partial charge is 0.325 e. The van der Waals surface area contributed by atoms with Crippen molar-refractivity contribution < 1.29 is 24.2 Å². The van der Waals surface area contributed by atoms with Crippen LogP contribution in [0.5, 0.6) is 11.5 Å². The minimum Gasteiger partial charge on any atom is -0.493 e. The fraction of sp³-hybridized carbons (Fsp3) is 0.276. The molecule has 0 unspecified atom stereocenters. The van der Waals surface area contributed by atoms with E-state index in [1.54, 1.807) is 6.20 Å². The van der Waals surface area contributed by atoms with Gasteiger partial charge in [0.1, 0.15) is 18.0 Å². The molecule has 0 aliphatic heterocycles. The van der Waals surface area contributed by atoms with E-state index in [4.69, 9.17) is 14.6 Å². The van der Waals surface area contributed by atoms with Crippen LogP contribution < -0.4 is 9.47 Å². The number of ether oxygens (including phenoxy) is 2. The Balaban J connectivity index is 1.32. The number of aromatic nitrogens is 2. The van der Waals surface area contributed by atoms with Crippen LogP contribution in [-0.4, -0.2) is 39.9 Å². The number of hydrogen-bond donors (Lipinski definition) is 1. The van der Waals surface area contributed by atoms with Crippen LogP contribution in [0.1, 0.15) is 46.8 Å². The lowest BCUT2D eigenvalue weighted by molar-refractivity contribution is -0.137. The number of nitrogens with zero attached hydrogens (tertiary/aromatic N) is 2. The fourth-order valence-corrected chi connectivity index (χ4v) is 4.04. The van der Waals surface area contributed by atoms with Crippen LogP contribution in [0.3, 0.4) is 0 Å². The highest BCUT2D eigenvalue weighted by Crippen LogP contribution is 2.24. The zero-order valence-corrected chi connectivity index (χ0v) is 20.6. The maximum atomic E-state index is 12.9. The average Bonchev–Trinajstić information content (AvgIpc) is 3.26. The van der Waals surface area contributed by atoms with Crippen LogP contribution in [0.15, 0.2) is 66.9 Å². The molecule has 4 aromatic rings. The van der Waals surface area contributed by atoms with Gasteiger partial charge in [-0.3, -0.25) is 14.3 Å². The normalized spacial score (nSPS) is 10.9. The first kappa shape index (κ1) is 25.0. The van der Waals surface area contributed by atoms with Gasteiger partial charge in [0.25, 0.3) is 0 Å². The van der Waals surface area contributed by atoms with Gasteiger partial charge in [0.05, 0.1) is 24.9 Å². The maximum absolute atomic E-state index is 12.9. The molecular formula is C29H30N2O5. The van der Waals surface area contributed by atoms with Gasteiger partial charge in [0.2, 0.25) is 0 Å². The van der Waals surface area contributed by atoms with E-state index < -0.39 is 5.97 Å². The van der Waals surface area contributed by atoms with E-state index in [-0.39, 0.29) is 12.3 Å². The molecule has 0 saturated heterocycles. The Kier molecular flexibility index (Phi) is 8.00. The Morgan fingerprint density at radius 3 is 2.44 bits per heavy atom. The Labute approximate surface area is 210 Å². The van der Waals surface area contributed by atoms with Crippen LogP contribution in [0, 0.1) is 6.92 Å². The maximum Gasteiger partial charge on any atom is 0.325 e. The van der Waals surface area contributed by atoms with Crippen molar-refractivity contribution >= 4 is 22.7 Å². The van der Waals surface area contributed by atoms with E-state index in [1.165, 1.54) is 4.68 Å². The molecule has 1 heterocycles. The number of rotatable bonds is 12. The molecule has 0 fully saturated rings. The van der Waals surface area contributed by atoms with Crippen molar-refractivity contribution in [3.05, 3.63) is 89.1 Å². The second-order valence-electron chi connectivity index (χ2n) is 8.73. The van der Waals surface area contributed by atoms with E-state index in [2.05, 4.69) is 12.0 Å². The zero-order chi connectivity index (χ0) is 25.5. The lowest BCUT2D eigenvalue weighted by atomic mass is 9.98. The first-order valence-electron chi connectivity index (χ1n) is 12.1. The monoisotopic (exact) mass is 486 g/mol. The molecule has 4 rings (SSSR count). The van der Waals surface area contributed by atoms with E-state index in [0.29, 0.717) is 36.5 Å². The summed E-state index contributed by atoms with van der Waals surface area (Å²) >= 11 is 0. The van der Waals surface area contributed by atoms with Crippen molar-refractivity contribution in [2.75, 3.05) is 13.2 Å². The molecule has 0 spiro atoms. The van der Waals surface area contributed by atoms with Crippen LogP contribution >= 0.6 is 0 Å². The molecule has 1 N–H and O–H groups in total. The third kappa shape index (κ3) is 6.10. The van der Waals surface area contributed by atoms with Gasteiger partial charge < -0.3 is 14.6 Å². The van der Waals surface area contributed by atoms with Gasteiger partial charge >= 0.3 is 5.97 Å². The van der Waals surface area contributed by atoms with E-state index in [9.17, 15) is 9.59 Å². The molecule has 0 aliphatic rings. The summed E-state index contributed by atoms with van der Waals surface area (Å²) in [6, 6.07) is 18.8. The predicted octanol–water partition coefficient (Wildman–Crippen LogP) is 5.46. The summed E-state index contributed by atoms with van der Waals surface area (Å²) in [5.41, 5.74) is 4.25. The molecule has 0 aliphatic carbocycles. The fourth-order valence-electron chi connectivity index (χ4n) is 4.04. The predicted molar refractivity (Wildman–Crippen MR) is 138 cm³/mol. The Hall–Kier alpha value is -4.13. The molecule has 36 heavy (non-hydrogen) atoms. The summed E-state index contributed by atoms with van der Waals surface area (Å²) in [5, 5.41) is 13.9. The van der Waals surface area contributed by atoms with Gasteiger partial charge in [-0.15, -0.1) is 0 Å². The first-order valence-corrected chi connectivity index (χ1v) is 12.1. The van der Waals surface area contributed by atoms with Gasteiger partial charge in [-0.1, -0.05) is 43.2 Å². The highest BCUT2D eigenvalue weighted by atomic mass is 16.5. The average molecular weight is 487 g/mol. The Bertz CT molecular complexity index is 1360. The van der Waals surface area contributed by atoms with Gasteiger partial charge in [-0.05, 0) is 55.3 Å². The quantitative estimate of drug-likeness (QED) is 0.211. The summed E-state index contributed by atoms with van der Waals surface area (Å²) < 4.78 is 13.3. The summed E-state index contributed by atoms with van der Waals surface area (Å²) in [5.74, 6) is 0.570. The number of ketones is 1. The summed E-state index contributed by atoms with van der Waals surface area (Å²) in [6.07, 6.45) is 4.10. The number of aryl methyl sites for hydroxylation is 2. The van der Waals surface area contributed by atoms with E-state index in [1.807, 2.05) is 67.6 Å². The molecule has 0 atom stereocenters. The van der Waals surface area contributed by atoms with Crippen molar-refractivity contribution in [2.45, 2.75) is 39.7 Å². The first-order chi connectivity index (χ1) is 17.4. The molecule has 0 radical (unpaired) electrons. The Morgan fingerprint density at radius 2 is 1.69 bits per heavy atom. The molecule has 1 aromatic heterocycles. The number of carboxylic acids is 1. The number of aliphatic carboxylic acids is 1. The molecule has 186 valence electrons. The minimum absolute atomic E-state index is 0.0118. The summed E-state index contributed by atoms with van der Waals surface area (Å²) in [4.78, 5) is 23.8. The molecule has 0 saturated carbocycles. The Morgan fingerprint density at radius 1 is 0.944 bits per heavy atom. The number of hydrogen-bond acceptors (Lipinski definition) is 5. The van der Waals surface area contributed by atoms with Gasteiger partial charge in [0.15, 0.2) is 5.78 Å². The lowest BCUT2D eigenvalue weighted by Gasteiger charge is -2.13. The molecular weight excluding hydrogens is 456 g/mol. The molecule has 7 heteroatoms. The van der Waals surface area contributed by atoms with E-state index >= 15 is 0 Å². The molecule has 0 amide bonds. The van der Waals surface area contributed by atoms with Crippen LogP contribution in [-0.2, 0) is 17.8 Å². The highest BCUT2D eigenvalue weighted by Gasteiger charge is 2.13. The topological polar surface area (TPSA) is 90.7 Å². The van der Waals surface area contributed by atoms with Crippen molar-refractivity contribution in [2.24, 2.45) is 0 Å². The number of fused-ring (bicyclic) bond motifs is 1. The summed E-state index contributed by atoms with van der Waals surface area (Å²) in [6.45, 7) is 4.89. The SMILES string of the molecule is CCCc1cc(C(=O)c2ccc(C)cc2)ccc1OCCCOc1ccc2c(cnn2CC(=O)O)c1. The largest absolute Gasteiger partial charge is 0.493 e. The van der Waals surface area contributed by atoms with Gasteiger partial charge in [0, 0.05) is 22.9 Å². The number of carbonyl (C=O) groups is 2. The van der Waals surface area contributed by atoms with Gasteiger partial charge in [-0.2, -0.15) is 5.10 Å². The van der Waals surface area contributed by atoms with Crippen LogP contribution in [0.2, 0.25) is 0 Å². The van der Waals surface area contributed by atoms with E-state index in [0.717, 1.165) is 40.6 Å². The third-order valence-electron chi connectivity index (χ3n) is 5.87. The second-order valence-corrected chi connectivity index (χ2v) is 8.73. The lowest BCUT2D eigenvalue weighted by Crippen LogP contribution is -2.09. The zero-order valence-electron chi connectivity index (χ0n) is 20.6. The standard InChI is InChI=1S/C29H30N2O5/c1-3-5-22-16-23(29(34)21-8-6-20(2)7-9-21)10-13-27(22)36-15-4-14-35-25-11-12-26-24(17-25)18-30-31(26)19-28(32)33/h6-13,16-18H,3-5,14-15,19H2,1-2H3,(H,32,33). The van der Waals surface area contributed by atoms with Crippen molar-refractivity contribution in [3.63, 3.8) is 0 Å². The molecule has 7 nitrogen and oxygen atoms in total. The molecule has 0 bridgehead atoms. The van der Waals surface area contributed by atoms with Crippen molar-refractivity contribution in [3.8, 4) is 11.5 Å². The minimum atomic E-state index is -0.935. The third-order valence-corrected chi connectivity index (χ3v) is 5.87. The van der Waals surface area contributed by atoms with Gasteiger partial charge in [-0.25, -0.2) is 0 Å². The number of carboxylic acid groups (broad SMARTS) is 1. The van der Waals surface area contributed by atoms with Crippen LogP contribution in [0.4, 0.5) is 0 Å². The second kappa shape index (κ2) is 11.5. The van der Waals surface area contributed by atoms with Crippen LogP contribution in [0.25, 0.3) is 10.9 Å². The highest BCUT2D eigenvalue weighted by molar-refractivity contribution is 6.09. The number of benzene rings is 3. The summed E-state index contributed by atoms with van der Waals surface area (Å²) in [7, 11) is 0. The number of carbonyl (C=O) groups excluding carboxylic acids is 1.